The molecule has 1 fully saturated rings. The van der Waals surface area contributed by atoms with Crippen LogP contribution in [-0.4, -0.2) is 35.3 Å². The van der Waals surface area contributed by atoms with E-state index in [0.717, 1.165) is 45.6 Å². The number of likely N-dealkylation sites (tertiary alicyclic amines) is 1. The van der Waals surface area contributed by atoms with E-state index in [4.69, 9.17) is 0 Å². The monoisotopic (exact) mass is 350 g/mol. The molecule has 2 aromatic rings. The number of benzene rings is 2. The Labute approximate surface area is 157 Å². The summed E-state index contributed by atoms with van der Waals surface area (Å²) in [6.07, 6.45) is 1.94. The van der Waals surface area contributed by atoms with E-state index in [-0.39, 0.29) is 5.92 Å². The first-order valence-corrected chi connectivity index (χ1v) is 9.76. The van der Waals surface area contributed by atoms with E-state index in [2.05, 4.69) is 55.1 Å². The third-order valence-electron chi connectivity index (χ3n) is 5.34. The van der Waals surface area contributed by atoms with Crippen LogP contribution in [0.5, 0.6) is 0 Å². The van der Waals surface area contributed by atoms with E-state index < -0.39 is 0 Å². The van der Waals surface area contributed by atoms with Gasteiger partial charge in [-0.2, -0.15) is 0 Å². The summed E-state index contributed by atoms with van der Waals surface area (Å²) in [4.78, 5) is 17.4. The van der Waals surface area contributed by atoms with E-state index in [9.17, 15) is 4.79 Å². The molecule has 1 aliphatic heterocycles. The molecule has 2 aromatic carbocycles. The molecule has 0 aromatic heterocycles. The minimum atomic E-state index is 0.174. The van der Waals surface area contributed by atoms with Crippen LogP contribution >= 0.6 is 0 Å². The second-order valence-electron chi connectivity index (χ2n) is 7.38. The first-order valence-electron chi connectivity index (χ1n) is 9.76. The lowest BCUT2D eigenvalue weighted by molar-refractivity contribution is -0.137. The molecular weight excluding hydrogens is 320 g/mol. The van der Waals surface area contributed by atoms with Gasteiger partial charge < -0.3 is 4.90 Å². The van der Waals surface area contributed by atoms with Gasteiger partial charge in [-0.15, -0.1) is 0 Å². The second kappa shape index (κ2) is 9.00. The molecule has 0 radical (unpaired) electrons. The van der Waals surface area contributed by atoms with Gasteiger partial charge in [-0.05, 0) is 50.9 Å². The number of hydrogen-bond donors (Lipinski definition) is 0. The van der Waals surface area contributed by atoms with Gasteiger partial charge in [0.15, 0.2) is 0 Å². The quantitative estimate of drug-likeness (QED) is 0.777. The van der Waals surface area contributed by atoms with E-state index in [0.29, 0.717) is 5.91 Å². The fraction of sp³-hybridized carbons (Fsp3) is 0.435. The summed E-state index contributed by atoms with van der Waals surface area (Å²) in [5.74, 6) is 0.499. The molecule has 0 atom stereocenters. The number of amides is 1. The number of carbonyl (C=O) groups excluding carboxylic acids is 1. The Morgan fingerprint density at radius 1 is 1.04 bits per heavy atom. The molecule has 0 aliphatic carbocycles. The number of rotatable bonds is 6. The van der Waals surface area contributed by atoms with Gasteiger partial charge in [0.25, 0.3) is 0 Å². The highest BCUT2D eigenvalue weighted by atomic mass is 16.2. The highest BCUT2D eigenvalue weighted by molar-refractivity contribution is 5.79. The molecule has 3 rings (SSSR count). The number of carbonyl (C=O) groups is 1. The maximum Gasteiger partial charge on any atom is 0.226 e. The largest absolute Gasteiger partial charge is 0.338 e. The minimum absolute atomic E-state index is 0.174. The molecule has 3 nitrogen and oxygen atoms in total. The zero-order valence-corrected chi connectivity index (χ0v) is 16.0. The molecule has 1 saturated heterocycles. The van der Waals surface area contributed by atoms with Crippen molar-refractivity contribution in [2.75, 3.05) is 19.6 Å². The summed E-state index contributed by atoms with van der Waals surface area (Å²) in [5, 5.41) is 0. The summed E-state index contributed by atoms with van der Waals surface area (Å²) in [6.45, 7) is 8.72. The van der Waals surface area contributed by atoms with Crippen molar-refractivity contribution in [2.45, 2.75) is 39.8 Å². The zero-order valence-electron chi connectivity index (χ0n) is 16.0. The fourth-order valence-corrected chi connectivity index (χ4v) is 3.81. The van der Waals surface area contributed by atoms with Crippen LogP contribution in [0.4, 0.5) is 0 Å². The number of nitrogens with zero attached hydrogens (tertiary/aromatic N) is 2. The SMILES string of the molecule is CCN(Cc1ccccc1)C(=O)C1CCN(Cc2cccc(C)c2)CC1. The average Bonchev–Trinajstić information content (AvgIpc) is 2.67. The van der Waals surface area contributed by atoms with Gasteiger partial charge in [-0.25, -0.2) is 0 Å². The van der Waals surface area contributed by atoms with Gasteiger partial charge in [0, 0.05) is 25.6 Å². The lowest BCUT2D eigenvalue weighted by Gasteiger charge is -2.34. The molecule has 26 heavy (non-hydrogen) atoms. The van der Waals surface area contributed by atoms with Crippen molar-refractivity contribution in [1.82, 2.24) is 9.80 Å². The topological polar surface area (TPSA) is 23.6 Å². The molecular formula is C23H30N2O. The second-order valence-corrected chi connectivity index (χ2v) is 7.38. The number of aryl methyl sites for hydroxylation is 1. The van der Waals surface area contributed by atoms with Crippen molar-refractivity contribution in [3.8, 4) is 0 Å². The standard InChI is InChI=1S/C23H30N2O/c1-3-25(18-20-9-5-4-6-10-20)23(26)22-12-14-24(15-13-22)17-21-11-7-8-19(2)16-21/h4-11,16,22H,3,12-15,17-18H2,1-2H3. The maximum atomic E-state index is 13.0. The highest BCUT2D eigenvalue weighted by Gasteiger charge is 2.28. The normalized spacial score (nSPS) is 15.8. The Morgan fingerprint density at radius 2 is 1.73 bits per heavy atom. The molecule has 0 saturated carbocycles. The maximum absolute atomic E-state index is 13.0. The molecule has 1 heterocycles. The van der Waals surface area contributed by atoms with Crippen molar-refractivity contribution >= 4 is 5.91 Å². The predicted octanol–water partition coefficient (Wildman–Crippen LogP) is 4.26. The molecule has 138 valence electrons. The van der Waals surface area contributed by atoms with Gasteiger partial charge in [-0.1, -0.05) is 60.2 Å². The van der Waals surface area contributed by atoms with Crippen molar-refractivity contribution in [1.29, 1.82) is 0 Å². The van der Waals surface area contributed by atoms with Gasteiger partial charge in [-0.3, -0.25) is 9.69 Å². The molecule has 0 unspecified atom stereocenters. The van der Waals surface area contributed by atoms with Crippen LogP contribution in [0.1, 0.15) is 36.5 Å². The van der Waals surface area contributed by atoms with Crippen molar-refractivity contribution in [2.24, 2.45) is 5.92 Å². The van der Waals surface area contributed by atoms with Crippen LogP contribution in [0.3, 0.4) is 0 Å². The zero-order chi connectivity index (χ0) is 18.4. The Hall–Kier alpha value is -2.13. The van der Waals surface area contributed by atoms with Crippen molar-refractivity contribution < 1.29 is 4.79 Å². The molecule has 1 aliphatic rings. The molecule has 0 spiro atoms. The van der Waals surface area contributed by atoms with Crippen LogP contribution in [0.25, 0.3) is 0 Å². The fourth-order valence-electron chi connectivity index (χ4n) is 3.81. The lowest BCUT2D eigenvalue weighted by atomic mass is 9.94. The number of hydrogen-bond acceptors (Lipinski definition) is 2. The summed E-state index contributed by atoms with van der Waals surface area (Å²) < 4.78 is 0. The smallest absolute Gasteiger partial charge is 0.226 e. The minimum Gasteiger partial charge on any atom is -0.338 e. The van der Waals surface area contributed by atoms with Crippen LogP contribution in [0, 0.1) is 12.8 Å². The molecule has 3 heteroatoms. The van der Waals surface area contributed by atoms with Crippen molar-refractivity contribution in [3.05, 3.63) is 71.3 Å². The predicted molar refractivity (Wildman–Crippen MR) is 107 cm³/mol. The third-order valence-corrected chi connectivity index (χ3v) is 5.34. The van der Waals surface area contributed by atoms with Gasteiger partial charge in [0.1, 0.15) is 0 Å². The first kappa shape index (κ1) is 18.7. The average molecular weight is 351 g/mol. The van der Waals surface area contributed by atoms with E-state index in [1.54, 1.807) is 0 Å². The lowest BCUT2D eigenvalue weighted by Crippen LogP contribution is -2.42. The summed E-state index contributed by atoms with van der Waals surface area (Å²) in [5.41, 5.74) is 3.89. The van der Waals surface area contributed by atoms with Crippen LogP contribution in [-0.2, 0) is 17.9 Å². The summed E-state index contributed by atoms with van der Waals surface area (Å²) in [6, 6.07) is 19.0. The van der Waals surface area contributed by atoms with Gasteiger partial charge in [0.05, 0.1) is 0 Å². The Balaban J connectivity index is 1.52. The van der Waals surface area contributed by atoms with Crippen LogP contribution in [0.2, 0.25) is 0 Å². The Morgan fingerprint density at radius 3 is 2.38 bits per heavy atom. The number of piperidine rings is 1. The third kappa shape index (κ3) is 4.95. The van der Waals surface area contributed by atoms with Gasteiger partial charge in [0.2, 0.25) is 5.91 Å². The van der Waals surface area contributed by atoms with Crippen LogP contribution < -0.4 is 0 Å². The molecule has 1 amide bonds. The van der Waals surface area contributed by atoms with Gasteiger partial charge >= 0.3 is 0 Å². The molecule has 0 bridgehead atoms. The summed E-state index contributed by atoms with van der Waals surface area (Å²) in [7, 11) is 0. The summed E-state index contributed by atoms with van der Waals surface area (Å²) >= 11 is 0. The van der Waals surface area contributed by atoms with Crippen molar-refractivity contribution in [3.63, 3.8) is 0 Å². The van der Waals surface area contributed by atoms with E-state index in [1.165, 1.54) is 16.7 Å². The first-order chi connectivity index (χ1) is 12.7. The Kier molecular flexibility index (Phi) is 6.45. The van der Waals surface area contributed by atoms with E-state index >= 15 is 0 Å². The Bertz CT molecular complexity index is 705. The van der Waals surface area contributed by atoms with Crippen LogP contribution in [0.15, 0.2) is 54.6 Å². The van der Waals surface area contributed by atoms with E-state index in [1.807, 2.05) is 23.1 Å². The highest BCUT2D eigenvalue weighted by Crippen LogP contribution is 2.22. The molecule has 0 N–H and O–H groups in total.